The smallest absolute Gasteiger partial charge is 0.273 e. The molecule has 0 unspecified atom stereocenters. The Bertz CT molecular complexity index is 778. The van der Waals surface area contributed by atoms with Gasteiger partial charge in [0.2, 0.25) is 0 Å². The van der Waals surface area contributed by atoms with Gasteiger partial charge in [0.05, 0.1) is 0 Å². The van der Waals surface area contributed by atoms with E-state index in [0.717, 1.165) is 11.1 Å². The maximum absolute atomic E-state index is 12.1. The fraction of sp³-hybridized carbons (Fsp3) is 0.400. The van der Waals surface area contributed by atoms with E-state index in [4.69, 9.17) is 14.5 Å². The number of nitrogens with zero attached hydrogens (tertiary/aromatic N) is 3. The molecule has 0 radical (unpaired) electrons. The van der Waals surface area contributed by atoms with Crippen LogP contribution in [0.5, 0.6) is 0 Å². The van der Waals surface area contributed by atoms with Gasteiger partial charge < -0.3 is 19.8 Å². The first-order valence-corrected chi connectivity index (χ1v) is 8.87. The van der Waals surface area contributed by atoms with Crippen LogP contribution in [0.2, 0.25) is 0 Å². The van der Waals surface area contributed by atoms with Crippen molar-refractivity contribution in [3.05, 3.63) is 47.0 Å². The summed E-state index contributed by atoms with van der Waals surface area (Å²) < 4.78 is 0. The Kier molecular flexibility index (Phi) is 10.0. The molecule has 0 atom stereocenters. The molecule has 0 aliphatic heterocycles. The largest absolute Gasteiger partial charge is 0.398 e. The van der Waals surface area contributed by atoms with Crippen LogP contribution in [-0.2, 0) is 25.9 Å². The zero-order chi connectivity index (χ0) is 20.9. The molecular formula is C20H28N4O4. The Hall–Kier alpha value is -3.16. The molecule has 8 nitrogen and oxygen atoms in total. The molecule has 1 amide bonds. The third-order valence-electron chi connectivity index (χ3n) is 3.41. The molecule has 1 N–H and O–H groups in total. The lowest BCUT2D eigenvalue weighted by atomic mass is 10.0. The zero-order valence-corrected chi connectivity index (χ0v) is 17.3. The van der Waals surface area contributed by atoms with E-state index < -0.39 is 0 Å². The highest BCUT2D eigenvalue weighted by Gasteiger charge is 2.17. The molecule has 0 saturated heterocycles. The summed E-state index contributed by atoms with van der Waals surface area (Å²) in [6.45, 7) is 8.16. The molecule has 0 bridgehead atoms. The number of hydrogen-bond acceptors (Lipinski definition) is 7. The van der Waals surface area contributed by atoms with Gasteiger partial charge in [0.25, 0.3) is 5.91 Å². The van der Waals surface area contributed by atoms with E-state index in [9.17, 15) is 4.79 Å². The summed E-state index contributed by atoms with van der Waals surface area (Å²) in [5.74, 6) is -0.358. The van der Waals surface area contributed by atoms with Crippen molar-refractivity contribution < 1.29 is 19.3 Å². The van der Waals surface area contributed by atoms with E-state index in [1.165, 1.54) is 14.2 Å². The molecule has 0 saturated carbocycles. The number of allylic oxidation sites excluding steroid dienone is 2. The van der Waals surface area contributed by atoms with E-state index in [-0.39, 0.29) is 18.2 Å². The molecule has 1 rings (SSSR count). The first-order chi connectivity index (χ1) is 13.4. The topological polar surface area (TPSA) is 93.9 Å². The van der Waals surface area contributed by atoms with Gasteiger partial charge in [0.1, 0.15) is 31.7 Å². The van der Waals surface area contributed by atoms with Crippen LogP contribution in [-0.4, -0.2) is 43.8 Å². The SMILES string of the molecule is CCO/N=C(C=C(C)C)/C(C)=N/OCc1ccccc1/C(=N\OC)C(=O)NC. The number of nitrogens with one attached hydrogen (secondary N) is 1. The van der Waals surface area contributed by atoms with Crippen molar-refractivity contribution in [2.24, 2.45) is 15.5 Å². The van der Waals surface area contributed by atoms with Crippen molar-refractivity contribution in [2.45, 2.75) is 34.3 Å². The third kappa shape index (κ3) is 7.22. The number of carbonyl (C=O) groups is 1. The second-order valence-corrected chi connectivity index (χ2v) is 5.92. The predicted octanol–water partition coefficient (Wildman–Crippen LogP) is 3.03. The minimum Gasteiger partial charge on any atom is -0.398 e. The van der Waals surface area contributed by atoms with Crippen LogP contribution in [0.4, 0.5) is 0 Å². The third-order valence-corrected chi connectivity index (χ3v) is 3.41. The van der Waals surface area contributed by atoms with Gasteiger partial charge in [-0.2, -0.15) is 0 Å². The van der Waals surface area contributed by atoms with E-state index in [1.54, 1.807) is 13.0 Å². The number of carbonyl (C=O) groups excluding carboxylic acids is 1. The number of oxime groups is 3. The Morgan fingerprint density at radius 3 is 2.43 bits per heavy atom. The van der Waals surface area contributed by atoms with Gasteiger partial charge in [-0.15, -0.1) is 0 Å². The van der Waals surface area contributed by atoms with Crippen molar-refractivity contribution in [3.8, 4) is 0 Å². The van der Waals surface area contributed by atoms with Crippen LogP contribution in [0.3, 0.4) is 0 Å². The van der Waals surface area contributed by atoms with Gasteiger partial charge in [-0.3, -0.25) is 4.79 Å². The van der Waals surface area contributed by atoms with Gasteiger partial charge in [-0.05, 0) is 33.8 Å². The molecule has 0 aliphatic carbocycles. The standard InChI is InChI=1S/C20H28N4O4/c1-7-27-23-18(12-14(2)3)15(4)22-28-13-16-10-8-9-11-17(16)19(24-26-6)20(25)21-5/h8-12H,7,13H2,1-6H3,(H,21,25)/b22-15+,23-18+,24-19+. The monoisotopic (exact) mass is 388 g/mol. The van der Waals surface area contributed by atoms with E-state index >= 15 is 0 Å². The Morgan fingerprint density at radius 1 is 1.11 bits per heavy atom. The minimum absolute atomic E-state index is 0.143. The highest BCUT2D eigenvalue weighted by molar-refractivity contribution is 6.46. The van der Waals surface area contributed by atoms with Crippen LogP contribution in [0.25, 0.3) is 0 Å². The molecule has 1 aromatic carbocycles. The van der Waals surface area contributed by atoms with Crippen LogP contribution >= 0.6 is 0 Å². The molecule has 0 spiro atoms. The molecule has 28 heavy (non-hydrogen) atoms. The van der Waals surface area contributed by atoms with E-state index in [1.807, 2.05) is 45.0 Å². The predicted molar refractivity (Wildman–Crippen MR) is 110 cm³/mol. The first-order valence-electron chi connectivity index (χ1n) is 8.87. The van der Waals surface area contributed by atoms with Gasteiger partial charge in [-0.1, -0.05) is 45.3 Å². The zero-order valence-electron chi connectivity index (χ0n) is 17.3. The highest BCUT2D eigenvalue weighted by Crippen LogP contribution is 2.13. The lowest BCUT2D eigenvalue weighted by Crippen LogP contribution is -2.29. The number of likely N-dealkylation sites (N-methyl/N-ethyl adjacent to an activating group) is 1. The van der Waals surface area contributed by atoms with Gasteiger partial charge in [0, 0.05) is 18.2 Å². The maximum Gasteiger partial charge on any atom is 0.273 e. The van der Waals surface area contributed by atoms with Crippen LogP contribution in [0, 0.1) is 0 Å². The lowest BCUT2D eigenvalue weighted by Gasteiger charge is -2.10. The molecule has 0 heterocycles. The van der Waals surface area contributed by atoms with Gasteiger partial charge >= 0.3 is 0 Å². The second-order valence-electron chi connectivity index (χ2n) is 5.92. The first kappa shape index (κ1) is 22.9. The number of hydrogen-bond donors (Lipinski definition) is 1. The van der Waals surface area contributed by atoms with Crippen molar-refractivity contribution in [1.29, 1.82) is 0 Å². The summed E-state index contributed by atoms with van der Waals surface area (Å²) in [6.07, 6.45) is 1.86. The van der Waals surface area contributed by atoms with Crippen LogP contribution in [0.1, 0.15) is 38.8 Å². The minimum atomic E-state index is -0.358. The molecule has 152 valence electrons. The number of amides is 1. The number of benzene rings is 1. The Morgan fingerprint density at radius 2 is 1.82 bits per heavy atom. The summed E-state index contributed by atoms with van der Waals surface area (Å²) in [6, 6.07) is 7.26. The lowest BCUT2D eigenvalue weighted by molar-refractivity contribution is -0.114. The highest BCUT2D eigenvalue weighted by atomic mass is 16.6. The van der Waals surface area contributed by atoms with Gasteiger partial charge in [0.15, 0.2) is 5.71 Å². The van der Waals surface area contributed by atoms with Crippen molar-refractivity contribution in [3.63, 3.8) is 0 Å². The van der Waals surface area contributed by atoms with E-state index in [0.29, 0.717) is 23.6 Å². The molecule has 8 heteroatoms. The van der Waals surface area contributed by atoms with Crippen molar-refractivity contribution in [1.82, 2.24) is 5.32 Å². The quantitative estimate of drug-likeness (QED) is 0.492. The second kappa shape index (κ2) is 12.3. The molecule has 0 fully saturated rings. The average molecular weight is 388 g/mol. The summed E-state index contributed by atoms with van der Waals surface area (Å²) >= 11 is 0. The Balaban J connectivity index is 3.04. The number of rotatable bonds is 10. The molecule has 0 aromatic heterocycles. The fourth-order valence-corrected chi connectivity index (χ4v) is 2.15. The summed E-state index contributed by atoms with van der Waals surface area (Å²) in [4.78, 5) is 27.5. The van der Waals surface area contributed by atoms with E-state index in [2.05, 4.69) is 20.8 Å². The normalized spacial score (nSPS) is 12.3. The fourth-order valence-electron chi connectivity index (χ4n) is 2.15. The summed E-state index contributed by atoms with van der Waals surface area (Å²) in [5, 5.41) is 14.6. The average Bonchev–Trinajstić information content (AvgIpc) is 2.68. The van der Waals surface area contributed by atoms with Crippen LogP contribution in [0.15, 0.2) is 51.4 Å². The van der Waals surface area contributed by atoms with Crippen molar-refractivity contribution in [2.75, 3.05) is 20.8 Å². The maximum atomic E-state index is 12.1. The molecule has 1 aromatic rings. The molecule has 0 aliphatic rings. The Labute approximate surface area is 165 Å². The van der Waals surface area contributed by atoms with Crippen LogP contribution < -0.4 is 5.32 Å². The summed E-state index contributed by atoms with van der Waals surface area (Å²) in [5.41, 5.74) is 3.72. The van der Waals surface area contributed by atoms with Crippen molar-refractivity contribution >= 4 is 23.0 Å². The summed E-state index contributed by atoms with van der Waals surface area (Å²) in [7, 11) is 2.92. The van der Waals surface area contributed by atoms with Gasteiger partial charge in [-0.25, -0.2) is 0 Å². The molecular weight excluding hydrogens is 360 g/mol.